The van der Waals surface area contributed by atoms with E-state index in [0.717, 1.165) is 39.0 Å². The molecule has 0 spiro atoms. The zero-order valence-electron chi connectivity index (χ0n) is 7.88. The summed E-state index contributed by atoms with van der Waals surface area (Å²) in [4.78, 5) is 0. The van der Waals surface area contributed by atoms with Crippen LogP contribution in [0.15, 0.2) is 0 Å². The van der Waals surface area contributed by atoms with Crippen molar-refractivity contribution in [2.24, 2.45) is 0 Å². The molecule has 0 aromatic carbocycles. The Balaban J connectivity index is 0.000000132. The quantitative estimate of drug-likeness (QED) is 0.554. The molecule has 2 aliphatic heterocycles. The topological polar surface area (TPSA) is 58.2 Å². The van der Waals surface area contributed by atoms with Gasteiger partial charge in [0.05, 0.1) is 11.5 Å². The lowest BCUT2D eigenvalue weighted by molar-refractivity contribution is 0.534. The van der Waals surface area contributed by atoms with Crippen LogP contribution in [0.2, 0.25) is 0 Å². The number of piperazine rings is 1. The molecular formula is C8H18N2O2S. The fraction of sp³-hybridized carbons (Fsp3) is 1.00. The molecule has 2 fully saturated rings. The molecule has 0 aromatic heterocycles. The van der Waals surface area contributed by atoms with Crippen molar-refractivity contribution in [3.63, 3.8) is 0 Å². The van der Waals surface area contributed by atoms with E-state index >= 15 is 0 Å². The Kier molecular flexibility index (Phi) is 4.69. The van der Waals surface area contributed by atoms with Crippen LogP contribution >= 0.6 is 0 Å². The van der Waals surface area contributed by atoms with Crippen LogP contribution in [-0.4, -0.2) is 46.1 Å². The van der Waals surface area contributed by atoms with Gasteiger partial charge in [0.1, 0.15) is 9.84 Å². The van der Waals surface area contributed by atoms with E-state index in [4.69, 9.17) is 0 Å². The van der Waals surface area contributed by atoms with Gasteiger partial charge in [-0.25, -0.2) is 8.42 Å². The molecule has 0 atom stereocenters. The minimum absolute atomic E-state index is 0.424. The third-order valence-electron chi connectivity index (χ3n) is 2.12. The van der Waals surface area contributed by atoms with E-state index in [1.54, 1.807) is 0 Å². The van der Waals surface area contributed by atoms with Gasteiger partial charge in [-0.05, 0) is 12.8 Å². The van der Waals surface area contributed by atoms with Crippen LogP contribution in [0.5, 0.6) is 0 Å². The maximum Gasteiger partial charge on any atom is 0.150 e. The maximum absolute atomic E-state index is 10.4. The van der Waals surface area contributed by atoms with Crippen LogP contribution in [0.25, 0.3) is 0 Å². The third-order valence-corrected chi connectivity index (χ3v) is 3.94. The largest absolute Gasteiger partial charge is 0.314 e. The van der Waals surface area contributed by atoms with Gasteiger partial charge in [0.2, 0.25) is 0 Å². The molecule has 5 heteroatoms. The Hall–Kier alpha value is -0.130. The summed E-state index contributed by atoms with van der Waals surface area (Å²) in [6.07, 6.45) is 1.75. The highest BCUT2D eigenvalue weighted by atomic mass is 32.2. The number of hydrogen-bond donors (Lipinski definition) is 2. The molecule has 2 aliphatic rings. The predicted octanol–water partition coefficient (Wildman–Crippen LogP) is -0.626. The summed E-state index contributed by atoms with van der Waals surface area (Å²) in [7, 11) is -2.55. The lowest BCUT2D eigenvalue weighted by atomic mass is 10.4. The van der Waals surface area contributed by atoms with Crippen LogP contribution in [0.1, 0.15) is 12.8 Å². The second-order valence-corrected chi connectivity index (χ2v) is 5.66. The molecule has 2 saturated heterocycles. The first-order valence-electron chi connectivity index (χ1n) is 4.82. The number of nitrogens with one attached hydrogen (secondary N) is 2. The molecule has 0 aromatic rings. The van der Waals surface area contributed by atoms with Gasteiger partial charge in [0.25, 0.3) is 0 Å². The Morgan fingerprint density at radius 1 is 0.769 bits per heavy atom. The van der Waals surface area contributed by atoms with E-state index in [9.17, 15) is 8.42 Å². The molecule has 2 rings (SSSR count). The highest BCUT2D eigenvalue weighted by Gasteiger charge is 2.16. The normalized spacial score (nSPS) is 26.2. The van der Waals surface area contributed by atoms with Crippen molar-refractivity contribution < 1.29 is 8.42 Å². The molecule has 4 nitrogen and oxygen atoms in total. The summed E-state index contributed by atoms with van der Waals surface area (Å²) in [6.45, 7) is 4.56. The van der Waals surface area contributed by atoms with E-state index in [1.807, 2.05) is 0 Å². The van der Waals surface area contributed by atoms with Gasteiger partial charge in [-0.3, -0.25) is 0 Å². The predicted molar refractivity (Wildman–Crippen MR) is 53.6 cm³/mol. The minimum Gasteiger partial charge on any atom is -0.314 e. The maximum atomic E-state index is 10.4. The summed E-state index contributed by atoms with van der Waals surface area (Å²) in [5.41, 5.74) is 0. The molecule has 0 bridgehead atoms. The summed E-state index contributed by atoms with van der Waals surface area (Å²) in [5.74, 6) is 0.847. The summed E-state index contributed by atoms with van der Waals surface area (Å²) >= 11 is 0. The highest BCUT2D eigenvalue weighted by Crippen LogP contribution is 2.08. The molecule has 13 heavy (non-hydrogen) atoms. The van der Waals surface area contributed by atoms with Crippen molar-refractivity contribution in [1.29, 1.82) is 0 Å². The smallest absolute Gasteiger partial charge is 0.150 e. The van der Waals surface area contributed by atoms with Crippen LogP contribution in [0.3, 0.4) is 0 Å². The molecule has 0 amide bonds. The average Bonchev–Trinajstić information content (AvgIpc) is 2.54. The number of rotatable bonds is 0. The van der Waals surface area contributed by atoms with E-state index in [1.165, 1.54) is 0 Å². The van der Waals surface area contributed by atoms with Crippen LogP contribution < -0.4 is 10.6 Å². The van der Waals surface area contributed by atoms with Crippen molar-refractivity contribution in [3.05, 3.63) is 0 Å². The third kappa shape index (κ3) is 5.23. The minimum atomic E-state index is -2.55. The fourth-order valence-corrected chi connectivity index (χ4v) is 2.84. The van der Waals surface area contributed by atoms with Gasteiger partial charge in [-0.2, -0.15) is 0 Å². The highest BCUT2D eigenvalue weighted by molar-refractivity contribution is 7.91. The van der Waals surface area contributed by atoms with Crippen molar-refractivity contribution >= 4 is 9.84 Å². The van der Waals surface area contributed by atoms with Gasteiger partial charge >= 0.3 is 0 Å². The van der Waals surface area contributed by atoms with Crippen molar-refractivity contribution in [3.8, 4) is 0 Å². The van der Waals surface area contributed by atoms with E-state index in [2.05, 4.69) is 10.6 Å². The van der Waals surface area contributed by atoms with Gasteiger partial charge in [0.15, 0.2) is 0 Å². The van der Waals surface area contributed by atoms with Gasteiger partial charge in [-0.15, -0.1) is 0 Å². The Bertz CT molecular complexity index is 199. The molecule has 2 heterocycles. The first kappa shape index (κ1) is 10.9. The van der Waals surface area contributed by atoms with Crippen molar-refractivity contribution in [1.82, 2.24) is 10.6 Å². The number of hydrogen-bond acceptors (Lipinski definition) is 4. The van der Waals surface area contributed by atoms with Gasteiger partial charge in [0, 0.05) is 26.2 Å². The zero-order chi connectivity index (χ0) is 9.57. The summed E-state index contributed by atoms with van der Waals surface area (Å²) in [6, 6.07) is 0. The summed E-state index contributed by atoms with van der Waals surface area (Å²) < 4.78 is 20.9. The second-order valence-electron chi connectivity index (χ2n) is 3.36. The van der Waals surface area contributed by atoms with Crippen molar-refractivity contribution in [2.75, 3.05) is 37.7 Å². The lowest BCUT2D eigenvalue weighted by Gasteiger charge is -2.11. The first-order valence-corrected chi connectivity index (χ1v) is 6.65. The van der Waals surface area contributed by atoms with Crippen LogP contribution in [-0.2, 0) is 9.84 Å². The van der Waals surface area contributed by atoms with E-state index in [0.29, 0.717) is 11.5 Å². The first-order chi connectivity index (χ1) is 6.21. The van der Waals surface area contributed by atoms with Gasteiger partial charge < -0.3 is 10.6 Å². The molecule has 0 saturated carbocycles. The molecule has 0 aliphatic carbocycles. The molecule has 2 N–H and O–H groups in total. The SMILES string of the molecule is C1CNCCN1.O=S1(=O)CCCC1. The molecule has 0 radical (unpaired) electrons. The Labute approximate surface area is 80.0 Å². The molecule has 0 unspecified atom stereocenters. The van der Waals surface area contributed by atoms with E-state index in [-0.39, 0.29) is 0 Å². The monoisotopic (exact) mass is 206 g/mol. The Morgan fingerprint density at radius 3 is 1.31 bits per heavy atom. The number of sulfone groups is 1. The molecular weight excluding hydrogens is 188 g/mol. The lowest BCUT2D eigenvalue weighted by Crippen LogP contribution is -2.39. The summed E-state index contributed by atoms with van der Waals surface area (Å²) in [5, 5.41) is 6.44. The van der Waals surface area contributed by atoms with Gasteiger partial charge in [-0.1, -0.05) is 0 Å². The standard InChI is InChI=1S/C4H10N2.C4H8O2S/c1-2-6-4-3-5-1;5-7(6)3-1-2-4-7/h5-6H,1-4H2;1-4H2. The zero-order valence-corrected chi connectivity index (χ0v) is 8.70. The van der Waals surface area contributed by atoms with Crippen LogP contribution in [0, 0.1) is 0 Å². The van der Waals surface area contributed by atoms with E-state index < -0.39 is 9.84 Å². The average molecular weight is 206 g/mol. The fourth-order valence-electron chi connectivity index (χ4n) is 1.35. The molecule has 78 valence electrons. The second kappa shape index (κ2) is 5.57. The van der Waals surface area contributed by atoms with Crippen LogP contribution in [0.4, 0.5) is 0 Å². The Morgan fingerprint density at radius 2 is 1.15 bits per heavy atom. The van der Waals surface area contributed by atoms with Crippen molar-refractivity contribution in [2.45, 2.75) is 12.8 Å².